The van der Waals surface area contributed by atoms with Gasteiger partial charge in [0.05, 0.1) is 7.11 Å². The van der Waals surface area contributed by atoms with Gasteiger partial charge in [0.1, 0.15) is 23.2 Å². The van der Waals surface area contributed by atoms with Crippen LogP contribution >= 0.6 is 0 Å². The molecule has 0 spiro atoms. The van der Waals surface area contributed by atoms with Crippen LogP contribution in [0.15, 0.2) is 46.0 Å². The number of benzene rings is 1. The zero-order chi connectivity index (χ0) is 17.1. The molecule has 2 heterocycles. The fourth-order valence-corrected chi connectivity index (χ4v) is 2.33. The maximum Gasteiger partial charge on any atom is 0.345 e. The summed E-state index contributed by atoms with van der Waals surface area (Å²) in [6.07, 6.45) is 3.28. The molecule has 3 rings (SSSR count). The Morgan fingerprint density at radius 2 is 2.12 bits per heavy atom. The Balaban J connectivity index is 2.03. The zero-order valence-electron chi connectivity index (χ0n) is 13.1. The minimum atomic E-state index is -0.605. The minimum Gasteiger partial charge on any atom is -0.465 e. The summed E-state index contributed by atoms with van der Waals surface area (Å²) in [6.45, 7) is 1.96. The van der Waals surface area contributed by atoms with Crippen LogP contribution in [0.3, 0.4) is 0 Å². The first-order valence-electron chi connectivity index (χ1n) is 7.25. The van der Waals surface area contributed by atoms with Crippen molar-refractivity contribution >= 4 is 16.9 Å². The highest BCUT2D eigenvalue weighted by molar-refractivity contribution is 5.91. The van der Waals surface area contributed by atoms with Crippen LogP contribution in [-0.4, -0.2) is 23.0 Å². The van der Waals surface area contributed by atoms with Gasteiger partial charge in [-0.3, -0.25) is 0 Å². The number of carbonyl (C=O) groups excluding carboxylic acids is 1. The molecule has 0 N–H and O–H groups in total. The van der Waals surface area contributed by atoms with Crippen molar-refractivity contribution in [2.45, 2.75) is 13.3 Å². The number of methoxy groups -OCH3 is 1. The molecule has 0 atom stereocenters. The van der Waals surface area contributed by atoms with Crippen LogP contribution in [-0.2, 0) is 11.2 Å². The van der Waals surface area contributed by atoms with Gasteiger partial charge in [-0.25, -0.2) is 19.6 Å². The molecule has 0 amide bonds. The third-order valence-electron chi connectivity index (χ3n) is 3.48. The molecule has 0 aliphatic carbocycles. The highest BCUT2D eigenvalue weighted by Crippen LogP contribution is 2.27. The Morgan fingerprint density at radius 3 is 2.88 bits per heavy atom. The van der Waals surface area contributed by atoms with E-state index in [0.717, 1.165) is 10.9 Å². The predicted octanol–water partition coefficient (Wildman–Crippen LogP) is 2.72. The van der Waals surface area contributed by atoms with E-state index in [4.69, 9.17) is 9.15 Å². The fraction of sp³-hybridized carbons (Fsp3) is 0.176. The molecule has 7 nitrogen and oxygen atoms in total. The van der Waals surface area contributed by atoms with Crippen molar-refractivity contribution in [3.63, 3.8) is 0 Å². The summed E-state index contributed by atoms with van der Waals surface area (Å²) < 4.78 is 15.5. The summed E-state index contributed by atoms with van der Waals surface area (Å²) >= 11 is 0. The highest BCUT2D eigenvalue weighted by Gasteiger charge is 2.16. The lowest BCUT2D eigenvalue weighted by Gasteiger charge is -2.09. The zero-order valence-corrected chi connectivity index (χ0v) is 13.1. The average Bonchev–Trinajstić information content (AvgIpc) is 2.60. The van der Waals surface area contributed by atoms with Gasteiger partial charge in [0.25, 0.3) is 0 Å². The van der Waals surface area contributed by atoms with Crippen molar-refractivity contribution in [3.05, 3.63) is 58.3 Å². The number of hydrogen-bond acceptors (Lipinski definition) is 7. The molecule has 0 unspecified atom stereocenters. The first-order valence-corrected chi connectivity index (χ1v) is 7.25. The summed E-state index contributed by atoms with van der Waals surface area (Å²) in [5.74, 6) is -0.167. The molecule has 3 aromatic rings. The Morgan fingerprint density at radius 1 is 1.29 bits per heavy atom. The number of esters is 1. The molecular formula is C17H14N2O5. The van der Waals surface area contributed by atoms with Crippen LogP contribution in [0, 0.1) is 0 Å². The molecule has 0 aliphatic rings. The lowest BCUT2D eigenvalue weighted by molar-refractivity contribution is 0.0596. The van der Waals surface area contributed by atoms with Crippen LogP contribution in [0.25, 0.3) is 11.0 Å². The summed E-state index contributed by atoms with van der Waals surface area (Å²) in [5, 5.41) is 0.834. The monoisotopic (exact) mass is 326 g/mol. The van der Waals surface area contributed by atoms with Gasteiger partial charge in [-0.1, -0.05) is 6.92 Å². The molecule has 122 valence electrons. The molecular weight excluding hydrogens is 312 g/mol. The molecule has 1 aromatic carbocycles. The molecule has 2 aromatic heterocycles. The Kier molecular flexibility index (Phi) is 4.24. The van der Waals surface area contributed by atoms with Crippen molar-refractivity contribution in [2.75, 3.05) is 7.11 Å². The quantitative estimate of drug-likeness (QED) is 0.537. The number of hydrogen-bond donors (Lipinski definition) is 0. The smallest absolute Gasteiger partial charge is 0.345 e. The van der Waals surface area contributed by atoms with Gasteiger partial charge in [-0.15, -0.1) is 0 Å². The number of rotatable bonds is 4. The van der Waals surface area contributed by atoms with Crippen LogP contribution in [0.1, 0.15) is 22.8 Å². The largest absolute Gasteiger partial charge is 0.465 e. The first-order chi connectivity index (χ1) is 11.6. The van der Waals surface area contributed by atoms with E-state index >= 15 is 0 Å². The topological polar surface area (TPSA) is 91.5 Å². The molecule has 0 fully saturated rings. The highest BCUT2D eigenvalue weighted by atomic mass is 16.5. The Bertz CT molecular complexity index is 965. The number of aromatic nitrogens is 2. The van der Waals surface area contributed by atoms with Crippen molar-refractivity contribution < 1.29 is 18.7 Å². The lowest BCUT2D eigenvalue weighted by atomic mass is 10.1. The van der Waals surface area contributed by atoms with Gasteiger partial charge in [-0.05, 0) is 24.1 Å². The van der Waals surface area contributed by atoms with Crippen LogP contribution in [0.4, 0.5) is 0 Å². The molecule has 7 heteroatoms. The maximum absolute atomic E-state index is 11.7. The molecule has 0 radical (unpaired) electrons. The predicted molar refractivity (Wildman–Crippen MR) is 85.3 cm³/mol. The van der Waals surface area contributed by atoms with Crippen LogP contribution in [0.5, 0.6) is 11.6 Å². The average molecular weight is 326 g/mol. The summed E-state index contributed by atoms with van der Waals surface area (Å²) in [4.78, 5) is 31.1. The number of aryl methyl sites for hydroxylation is 1. The third kappa shape index (κ3) is 2.96. The molecule has 24 heavy (non-hydrogen) atoms. The second kappa shape index (κ2) is 6.49. The first kappa shape index (κ1) is 15.7. The minimum absolute atomic E-state index is 0.0604. The van der Waals surface area contributed by atoms with Gasteiger partial charge >= 0.3 is 11.6 Å². The van der Waals surface area contributed by atoms with E-state index in [1.807, 2.05) is 6.92 Å². The molecule has 0 saturated carbocycles. The Hall–Kier alpha value is -3.22. The van der Waals surface area contributed by atoms with Gasteiger partial charge in [0.2, 0.25) is 5.88 Å². The van der Waals surface area contributed by atoms with E-state index < -0.39 is 11.6 Å². The van der Waals surface area contributed by atoms with Gasteiger partial charge in [0, 0.05) is 23.7 Å². The van der Waals surface area contributed by atoms with Crippen LogP contribution < -0.4 is 10.4 Å². The maximum atomic E-state index is 11.7. The SMILES string of the molecule is CCc1cc(=O)oc2cc(Oc3ncncc3C(=O)OC)ccc12. The van der Waals surface area contributed by atoms with E-state index in [1.165, 1.54) is 25.7 Å². The van der Waals surface area contributed by atoms with Crippen molar-refractivity contribution in [2.24, 2.45) is 0 Å². The standard InChI is InChI=1S/C17H14N2O5/c1-3-10-6-15(20)24-14-7-11(4-5-12(10)14)23-16-13(17(21)22-2)8-18-9-19-16/h4-9H,3H2,1-2H3. The summed E-state index contributed by atoms with van der Waals surface area (Å²) in [5.41, 5.74) is 0.980. The summed E-state index contributed by atoms with van der Waals surface area (Å²) in [7, 11) is 1.26. The van der Waals surface area contributed by atoms with E-state index in [2.05, 4.69) is 14.7 Å². The number of carbonyl (C=O) groups is 1. The third-order valence-corrected chi connectivity index (χ3v) is 3.48. The molecule has 0 bridgehead atoms. The second-order valence-corrected chi connectivity index (χ2v) is 4.94. The van der Waals surface area contributed by atoms with E-state index in [0.29, 0.717) is 17.8 Å². The number of ether oxygens (including phenoxy) is 2. The summed E-state index contributed by atoms with van der Waals surface area (Å²) in [6, 6.07) is 6.57. The van der Waals surface area contributed by atoms with Gasteiger partial charge in [-0.2, -0.15) is 0 Å². The van der Waals surface area contributed by atoms with E-state index in [9.17, 15) is 9.59 Å². The number of fused-ring (bicyclic) bond motifs is 1. The lowest BCUT2D eigenvalue weighted by Crippen LogP contribution is -2.06. The Labute approximate surface area is 136 Å². The van der Waals surface area contributed by atoms with Gasteiger partial charge < -0.3 is 13.9 Å². The number of nitrogens with zero attached hydrogens (tertiary/aromatic N) is 2. The van der Waals surface area contributed by atoms with Crippen molar-refractivity contribution in [1.29, 1.82) is 0 Å². The second-order valence-electron chi connectivity index (χ2n) is 4.94. The van der Waals surface area contributed by atoms with Crippen molar-refractivity contribution in [3.8, 4) is 11.6 Å². The fourth-order valence-electron chi connectivity index (χ4n) is 2.33. The van der Waals surface area contributed by atoms with Crippen LogP contribution in [0.2, 0.25) is 0 Å². The molecule has 0 aliphatic heterocycles. The van der Waals surface area contributed by atoms with Gasteiger partial charge in [0.15, 0.2) is 0 Å². The van der Waals surface area contributed by atoms with E-state index in [-0.39, 0.29) is 11.4 Å². The molecule has 0 saturated heterocycles. The normalized spacial score (nSPS) is 10.6. The van der Waals surface area contributed by atoms with Crippen molar-refractivity contribution in [1.82, 2.24) is 9.97 Å². The van der Waals surface area contributed by atoms with E-state index in [1.54, 1.807) is 18.2 Å².